The van der Waals surface area contributed by atoms with E-state index in [0.717, 1.165) is 23.5 Å². The summed E-state index contributed by atoms with van der Waals surface area (Å²) in [4.78, 5) is 46.5. The number of thioether (sulfide) groups is 2. The molecule has 0 amide bonds. The molecule has 0 radical (unpaired) electrons. The van der Waals surface area contributed by atoms with Gasteiger partial charge in [-0.15, -0.1) is 0 Å². The number of rotatable bonds is 14. The molecule has 0 aliphatic rings. The molecular weight excluding hydrogens is 557 g/mol. The van der Waals surface area contributed by atoms with Crippen LogP contribution in [0.15, 0.2) is 11.1 Å². The Hall–Kier alpha value is -1.74. The number of ether oxygens (including phenoxy) is 1. The predicted octanol–water partition coefficient (Wildman–Crippen LogP) is 3.45. The lowest BCUT2D eigenvalue weighted by atomic mass is 9.99. The van der Waals surface area contributed by atoms with Gasteiger partial charge in [0.05, 0.1) is 32.8 Å². The second kappa shape index (κ2) is 14.1. The molecule has 2 aromatic rings. The van der Waals surface area contributed by atoms with Crippen molar-refractivity contribution in [1.29, 1.82) is 0 Å². The number of carbonyl (C=O) groups excluding carboxylic acids is 2. The van der Waals surface area contributed by atoms with E-state index in [1.54, 1.807) is 0 Å². The Bertz CT molecular complexity index is 1170. The van der Waals surface area contributed by atoms with Gasteiger partial charge in [0, 0.05) is 22.3 Å². The summed E-state index contributed by atoms with van der Waals surface area (Å²) in [6.07, 6.45) is 1.39. The molecule has 0 fully saturated rings. The van der Waals surface area contributed by atoms with E-state index in [-0.39, 0.29) is 72.0 Å². The van der Waals surface area contributed by atoms with Gasteiger partial charge in [0.15, 0.2) is 21.4 Å². The Labute approximate surface area is 229 Å². The Balaban J connectivity index is 1.87. The number of carbonyl (C=O) groups is 2. The van der Waals surface area contributed by atoms with E-state index in [0.29, 0.717) is 0 Å². The van der Waals surface area contributed by atoms with Crippen LogP contribution in [-0.4, -0.2) is 67.7 Å². The molecule has 16 heteroatoms. The fourth-order valence-corrected chi connectivity index (χ4v) is 5.52. The third-order valence-corrected chi connectivity index (χ3v) is 8.54. The van der Waals surface area contributed by atoms with Crippen LogP contribution >= 0.6 is 31.3 Å². The molecule has 0 aliphatic carbocycles. The highest BCUT2D eigenvalue weighted by molar-refractivity contribution is 8.14. The molecule has 38 heavy (non-hydrogen) atoms. The molecule has 0 aromatic carbocycles. The second-order valence-corrected chi connectivity index (χ2v) is 13.9. The van der Waals surface area contributed by atoms with Gasteiger partial charge in [-0.3, -0.25) is 37.5 Å². The van der Waals surface area contributed by atoms with Crippen LogP contribution in [0, 0.1) is 10.8 Å². The fraction of sp³-hybridized carbons (Fsp3) is 0.682. The highest BCUT2D eigenvalue weighted by atomic mass is 32.2. The number of nitrogens with two attached hydrogens (primary N) is 1. The van der Waals surface area contributed by atoms with Crippen molar-refractivity contribution in [2.24, 2.45) is 10.8 Å². The third-order valence-electron chi connectivity index (χ3n) is 4.56. The quantitative estimate of drug-likeness (QED) is 0.241. The van der Waals surface area contributed by atoms with Crippen LogP contribution in [0.4, 0.5) is 5.95 Å². The van der Waals surface area contributed by atoms with E-state index >= 15 is 0 Å². The van der Waals surface area contributed by atoms with E-state index in [1.807, 2.05) is 41.5 Å². The molecule has 0 unspecified atom stereocenters. The number of phosphoric ester groups is 1. The molecule has 0 atom stereocenters. The number of nitrogens with one attached hydrogen (secondary N) is 1. The van der Waals surface area contributed by atoms with Crippen LogP contribution in [-0.2, 0) is 39.2 Å². The van der Waals surface area contributed by atoms with Gasteiger partial charge in [0.25, 0.3) is 5.56 Å². The van der Waals surface area contributed by atoms with Crippen molar-refractivity contribution in [3.05, 3.63) is 16.7 Å². The van der Waals surface area contributed by atoms with Crippen molar-refractivity contribution in [2.75, 3.05) is 43.7 Å². The molecule has 0 bridgehead atoms. The molecule has 2 aromatic heterocycles. The highest BCUT2D eigenvalue weighted by Crippen LogP contribution is 2.49. The summed E-state index contributed by atoms with van der Waals surface area (Å²) in [5.41, 5.74) is 4.48. The number of hydrogen-bond acceptors (Lipinski definition) is 13. The lowest BCUT2D eigenvalue weighted by Crippen LogP contribution is -2.18. The van der Waals surface area contributed by atoms with Gasteiger partial charge in [-0.2, -0.15) is 4.98 Å². The topological polar surface area (TPSA) is 178 Å². The summed E-state index contributed by atoms with van der Waals surface area (Å²) in [5, 5.41) is -0.0398. The lowest BCUT2D eigenvalue weighted by Gasteiger charge is -2.19. The Morgan fingerprint density at radius 3 is 2.03 bits per heavy atom. The van der Waals surface area contributed by atoms with E-state index in [4.69, 9.17) is 24.0 Å². The average Bonchev–Trinajstić information content (AvgIpc) is 3.21. The summed E-state index contributed by atoms with van der Waals surface area (Å²) in [6, 6.07) is 0. The zero-order valence-electron chi connectivity index (χ0n) is 22.5. The Kier molecular flexibility index (Phi) is 12.0. The van der Waals surface area contributed by atoms with Crippen molar-refractivity contribution >= 4 is 58.7 Å². The summed E-state index contributed by atoms with van der Waals surface area (Å²) in [5.74, 6) is 0.486. The fourth-order valence-electron chi connectivity index (χ4n) is 2.55. The van der Waals surface area contributed by atoms with E-state index in [9.17, 15) is 18.9 Å². The summed E-state index contributed by atoms with van der Waals surface area (Å²) < 4.78 is 36.4. The number of nitrogen functional groups attached to an aromatic ring is 1. The number of anilines is 1. The van der Waals surface area contributed by atoms with Crippen molar-refractivity contribution < 1.29 is 32.5 Å². The monoisotopic (exact) mass is 593 g/mol. The zero-order chi connectivity index (χ0) is 28.6. The molecule has 0 saturated carbocycles. The normalized spacial score (nSPS) is 12.8. The number of imidazole rings is 1. The average molecular weight is 594 g/mol. The van der Waals surface area contributed by atoms with Gasteiger partial charge in [0.2, 0.25) is 5.95 Å². The SMILES string of the molecule is CC(C)(C)C(=O)SCCOP(=O)(OCCOCn1cnc2c(=O)[nH]c(N)nc21)OCCSC(=O)C(C)(C)C. The first-order chi connectivity index (χ1) is 17.6. The second-order valence-electron chi connectivity index (χ2n) is 10.1. The first kappa shape index (κ1) is 32.5. The smallest absolute Gasteiger partial charge is 0.369 e. The molecule has 214 valence electrons. The van der Waals surface area contributed by atoms with Crippen LogP contribution in [0.5, 0.6) is 0 Å². The maximum Gasteiger partial charge on any atom is 0.474 e. The molecule has 0 spiro atoms. The van der Waals surface area contributed by atoms with Crippen molar-refractivity contribution in [1.82, 2.24) is 19.5 Å². The van der Waals surface area contributed by atoms with E-state index in [1.165, 1.54) is 10.9 Å². The summed E-state index contributed by atoms with van der Waals surface area (Å²) >= 11 is 2.15. The van der Waals surface area contributed by atoms with Crippen LogP contribution in [0.1, 0.15) is 41.5 Å². The Morgan fingerprint density at radius 2 is 1.50 bits per heavy atom. The van der Waals surface area contributed by atoms with Gasteiger partial charge >= 0.3 is 7.82 Å². The highest BCUT2D eigenvalue weighted by Gasteiger charge is 2.28. The molecule has 2 heterocycles. The standard InChI is InChI=1S/C22H36N5O8PS2/c1-21(2,3)18(29)37-11-9-34-36(31,35-10-12-38-19(30)22(4,5)6)33-8-7-32-14-27-13-24-15-16(27)25-20(23)26-17(15)28/h13H,7-12,14H2,1-6H3,(H3,23,25,26,28). The van der Waals surface area contributed by atoms with Crippen LogP contribution in [0.3, 0.4) is 0 Å². The molecular formula is C22H36N5O8PS2. The summed E-state index contributed by atoms with van der Waals surface area (Å²) in [6.45, 7) is 10.6. The Morgan fingerprint density at radius 1 is 0.974 bits per heavy atom. The van der Waals surface area contributed by atoms with Crippen LogP contribution in [0.25, 0.3) is 11.2 Å². The van der Waals surface area contributed by atoms with Gasteiger partial charge in [-0.05, 0) is 0 Å². The zero-order valence-corrected chi connectivity index (χ0v) is 25.0. The van der Waals surface area contributed by atoms with Crippen molar-refractivity contribution in [2.45, 2.75) is 48.3 Å². The molecule has 3 N–H and O–H groups in total. The predicted molar refractivity (Wildman–Crippen MR) is 148 cm³/mol. The number of aromatic amines is 1. The van der Waals surface area contributed by atoms with Crippen LogP contribution in [0.2, 0.25) is 0 Å². The maximum atomic E-state index is 13.2. The van der Waals surface area contributed by atoms with Gasteiger partial charge in [0.1, 0.15) is 6.73 Å². The number of hydrogen-bond donors (Lipinski definition) is 2. The van der Waals surface area contributed by atoms with E-state index in [2.05, 4.69) is 15.0 Å². The van der Waals surface area contributed by atoms with Crippen LogP contribution < -0.4 is 11.3 Å². The molecule has 13 nitrogen and oxygen atoms in total. The number of phosphoric acid groups is 1. The molecule has 0 aliphatic heterocycles. The lowest BCUT2D eigenvalue weighted by molar-refractivity contribution is -0.118. The number of H-pyrrole nitrogens is 1. The maximum absolute atomic E-state index is 13.2. The largest absolute Gasteiger partial charge is 0.474 e. The van der Waals surface area contributed by atoms with Gasteiger partial charge in [-0.1, -0.05) is 65.1 Å². The van der Waals surface area contributed by atoms with Crippen molar-refractivity contribution in [3.63, 3.8) is 0 Å². The summed E-state index contributed by atoms with van der Waals surface area (Å²) in [7, 11) is -4.00. The molecule has 0 saturated heterocycles. The van der Waals surface area contributed by atoms with E-state index < -0.39 is 24.2 Å². The number of aromatic nitrogens is 4. The minimum Gasteiger partial charge on any atom is -0.369 e. The van der Waals surface area contributed by atoms with Gasteiger partial charge < -0.3 is 10.5 Å². The molecule has 2 rings (SSSR count). The third kappa shape index (κ3) is 10.4. The first-order valence-electron chi connectivity index (χ1n) is 11.8. The van der Waals surface area contributed by atoms with Gasteiger partial charge in [-0.25, -0.2) is 9.55 Å². The minimum atomic E-state index is -4.00. The van der Waals surface area contributed by atoms with Crippen molar-refractivity contribution in [3.8, 4) is 0 Å². The number of nitrogens with zero attached hydrogens (tertiary/aromatic N) is 3. The minimum absolute atomic E-state index is 0.00355. The first-order valence-corrected chi connectivity index (χ1v) is 15.2. The number of fused-ring (bicyclic) bond motifs is 1.